The molecule has 5 rings (SSSR count). The molecule has 2 aliphatic rings. The van der Waals surface area contributed by atoms with Crippen LogP contribution in [-0.4, -0.2) is 53.1 Å². The minimum absolute atomic E-state index is 0.127. The van der Waals surface area contributed by atoms with Gasteiger partial charge in [0, 0.05) is 26.2 Å². The second kappa shape index (κ2) is 12.2. The molecule has 1 aromatic heterocycles. The summed E-state index contributed by atoms with van der Waals surface area (Å²) in [7, 11) is 0. The fourth-order valence-corrected chi connectivity index (χ4v) is 4.97. The van der Waals surface area contributed by atoms with Gasteiger partial charge in [-0.3, -0.25) is 14.5 Å². The van der Waals surface area contributed by atoms with Gasteiger partial charge in [-0.2, -0.15) is 13.2 Å². The molecule has 9 nitrogen and oxygen atoms in total. The summed E-state index contributed by atoms with van der Waals surface area (Å²) in [6, 6.07) is 10.5. The Morgan fingerprint density at radius 1 is 1.05 bits per heavy atom. The van der Waals surface area contributed by atoms with Gasteiger partial charge < -0.3 is 23.5 Å². The summed E-state index contributed by atoms with van der Waals surface area (Å²) in [5.41, 5.74) is 0.965. The van der Waals surface area contributed by atoms with Gasteiger partial charge in [0.25, 0.3) is 5.91 Å². The van der Waals surface area contributed by atoms with E-state index in [1.54, 1.807) is 17.9 Å². The molecule has 2 aromatic carbocycles. The molecule has 0 radical (unpaired) electrons. The van der Waals surface area contributed by atoms with Crippen molar-refractivity contribution in [1.29, 1.82) is 0 Å². The molecule has 0 aliphatic carbocycles. The molecule has 41 heavy (non-hydrogen) atoms. The van der Waals surface area contributed by atoms with Crippen LogP contribution in [0.2, 0.25) is 0 Å². The van der Waals surface area contributed by atoms with E-state index < -0.39 is 11.7 Å². The van der Waals surface area contributed by atoms with Gasteiger partial charge in [-0.15, -0.1) is 0 Å². The van der Waals surface area contributed by atoms with Crippen LogP contribution >= 0.6 is 0 Å². The van der Waals surface area contributed by atoms with Gasteiger partial charge in [0.05, 0.1) is 24.6 Å². The van der Waals surface area contributed by atoms with E-state index in [4.69, 9.17) is 18.6 Å². The van der Waals surface area contributed by atoms with E-state index >= 15 is 0 Å². The Hall–Kier alpha value is -4.06. The van der Waals surface area contributed by atoms with E-state index in [0.717, 1.165) is 17.7 Å². The maximum atomic E-state index is 13.1. The lowest BCUT2D eigenvalue weighted by Crippen LogP contribution is -2.43. The maximum absolute atomic E-state index is 13.1. The van der Waals surface area contributed by atoms with Crippen LogP contribution in [0.25, 0.3) is 0 Å². The van der Waals surface area contributed by atoms with E-state index in [9.17, 15) is 22.8 Å². The number of amides is 1. The SMILES string of the molecule is CCOC(=O)[C@H]1CCCN(C(=O)c2coc(CN(Cc3ccc(C(F)(F)F)cc3)Cc3ccc4c(c3)OCO4)n2)C1. The number of carbonyl (C=O) groups is 2. The van der Waals surface area contributed by atoms with E-state index in [2.05, 4.69) is 4.98 Å². The van der Waals surface area contributed by atoms with Crippen molar-refractivity contribution in [2.75, 3.05) is 26.5 Å². The molecule has 0 spiro atoms. The van der Waals surface area contributed by atoms with E-state index in [1.165, 1.54) is 18.4 Å². The highest BCUT2D eigenvalue weighted by Crippen LogP contribution is 2.33. The van der Waals surface area contributed by atoms with Crippen molar-refractivity contribution in [3.63, 3.8) is 0 Å². The first kappa shape index (κ1) is 28.5. The predicted molar refractivity (Wildman–Crippen MR) is 139 cm³/mol. The lowest BCUT2D eigenvalue weighted by atomic mass is 9.98. The number of hydrogen-bond donors (Lipinski definition) is 0. The summed E-state index contributed by atoms with van der Waals surface area (Å²) in [4.78, 5) is 33.3. The predicted octanol–water partition coefficient (Wildman–Crippen LogP) is 5.04. The summed E-state index contributed by atoms with van der Waals surface area (Å²) in [5, 5.41) is 0. The standard InChI is InChI=1S/C29H30F3N3O6/c1-2-38-28(37)21-4-3-11-35(15-21)27(36)23-17-39-26(33-23)16-34(13-19-5-8-22(9-6-19)29(30,31)32)14-20-7-10-24-25(12-20)41-18-40-24/h5-10,12,17,21H,2-4,11,13-16,18H2,1H3/t21-/m0/s1. The number of hydrogen-bond acceptors (Lipinski definition) is 8. The normalized spacial score (nSPS) is 16.7. The topological polar surface area (TPSA) is 94.3 Å². The summed E-state index contributed by atoms with van der Waals surface area (Å²) in [6.45, 7) is 3.80. The zero-order valence-corrected chi connectivity index (χ0v) is 22.5. The van der Waals surface area contributed by atoms with Crippen molar-refractivity contribution in [2.24, 2.45) is 5.92 Å². The number of nitrogens with zero attached hydrogens (tertiary/aromatic N) is 3. The molecule has 0 N–H and O–H groups in total. The van der Waals surface area contributed by atoms with Crippen molar-refractivity contribution in [3.8, 4) is 11.5 Å². The fraction of sp³-hybridized carbons (Fsp3) is 0.414. The Labute approximate surface area is 234 Å². The largest absolute Gasteiger partial charge is 0.466 e. The van der Waals surface area contributed by atoms with Crippen LogP contribution < -0.4 is 9.47 Å². The maximum Gasteiger partial charge on any atom is 0.416 e. The lowest BCUT2D eigenvalue weighted by Gasteiger charge is -2.30. The Bertz CT molecular complexity index is 1370. The van der Waals surface area contributed by atoms with Gasteiger partial charge >= 0.3 is 12.1 Å². The number of aromatic nitrogens is 1. The number of oxazole rings is 1. The smallest absolute Gasteiger partial charge is 0.416 e. The van der Waals surface area contributed by atoms with Gasteiger partial charge in [-0.05, 0) is 55.2 Å². The van der Waals surface area contributed by atoms with Crippen molar-refractivity contribution < 1.29 is 41.4 Å². The molecule has 3 aromatic rings. The van der Waals surface area contributed by atoms with E-state index in [0.29, 0.717) is 49.5 Å². The van der Waals surface area contributed by atoms with Gasteiger partial charge in [0.1, 0.15) is 6.26 Å². The second-order valence-corrected chi connectivity index (χ2v) is 10.00. The fourth-order valence-electron chi connectivity index (χ4n) is 4.97. The first-order chi connectivity index (χ1) is 19.7. The third kappa shape index (κ3) is 6.99. The summed E-state index contributed by atoms with van der Waals surface area (Å²) >= 11 is 0. The van der Waals surface area contributed by atoms with Crippen LogP contribution in [0.5, 0.6) is 11.5 Å². The molecule has 0 bridgehead atoms. The molecular weight excluding hydrogens is 543 g/mol. The Kier molecular flexibility index (Phi) is 8.48. The minimum atomic E-state index is -4.42. The highest BCUT2D eigenvalue weighted by Gasteiger charge is 2.32. The van der Waals surface area contributed by atoms with Crippen LogP contribution in [0.4, 0.5) is 13.2 Å². The zero-order valence-electron chi connectivity index (χ0n) is 22.5. The Balaban J connectivity index is 1.30. The molecule has 218 valence electrons. The molecule has 12 heteroatoms. The van der Waals surface area contributed by atoms with Gasteiger partial charge in [-0.25, -0.2) is 4.98 Å². The Morgan fingerprint density at radius 2 is 1.78 bits per heavy atom. The highest BCUT2D eigenvalue weighted by atomic mass is 19.4. The molecule has 0 unspecified atom stereocenters. The lowest BCUT2D eigenvalue weighted by molar-refractivity contribution is -0.149. The number of benzene rings is 2. The third-order valence-corrected chi connectivity index (χ3v) is 6.99. The number of fused-ring (bicyclic) bond motifs is 1. The summed E-state index contributed by atoms with van der Waals surface area (Å²) < 4.78 is 60.8. The monoisotopic (exact) mass is 573 g/mol. The molecule has 1 atom stereocenters. The van der Waals surface area contributed by atoms with Crippen LogP contribution in [0, 0.1) is 5.92 Å². The second-order valence-electron chi connectivity index (χ2n) is 10.00. The van der Waals surface area contributed by atoms with Crippen LogP contribution in [0.1, 0.15) is 52.8 Å². The number of alkyl halides is 3. The average Bonchev–Trinajstić information content (AvgIpc) is 3.62. The van der Waals surface area contributed by atoms with Crippen molar-refractivity contribution in [3.05, 3.63) is 77.0 Å². The van der Waals surface area contributed by atoms with Crippen LogP contribution in [-0.2, 0) is 35.3 Å². The molecule has 2 aliphatic heterocycles. The number of piperidine rings is 1. The van der Waals surface area contributed by atoms with Crippen molar-refractivity contribution in [1.82, 2.24) is 14.8 Å². The van der Waals surface area contributed by atoms with Crippen LogP contribution in [0.3, 0.4) is 0 Å². The molecule has 1 saturated heterocycles. The zero-order chi connectivity index (χ0) is 29.0. The molecular formula is C29H30F3N3O6. The van der Waals surface area contributed by atoms with Gasteiger partial charge in [0.2, 0.25) is 12.7 Å². The number of esters is 1. The first-order valence-corrected chi connectivity index (χ1v) is 13.4. The molecule has 1 amide bonds. The van der Waals surface area contributed by atoms with E-state index in [-0.39, 0.29) is 55.9 Å². The number of carbonyl (C=O) groups excluding carboxylic acids is 2. The minimum Gasteiger partial charge on any atom is -0.466 e. The molecule has 0 saturated carbocycles. The van der Waals surface area contributed by atoms with E-state index in [1.807, 2.05) is 17.0 Å². The highest BCUT2D eigenvalue weighted by molar-refractivity contribution is 5.92. The number of likely N-dealkylation sites (tertiary alicyclic amines) is 1. The third-order valence-electron chi connectivity index (χ3n) is 6.99. The average molecular weight is 574 g/mol. The molecule has 3 heterocycles. The Morgan fingerprint density at radius 3 is 2.54 bits per heavy atom. The number of halogens is 3. The van der Waals surface area contributed by atoms with Crippen molar-refractivity contribution in [2.45, 2.75) is 45.6 Å². The first-order valence-electron chi connectivity index (χ1n) is 13.4. The quantitative estimate of drug-likeness (QED) is 0.329. The summed E-state index contributed by atoms with van der Waals surface area (Å²) in [6.07, 6.45) is -1.79. The van der Waals surface area contributed by atoms with Crippen LogP contribution in [0.15, 0.2) is 53.1 Å². The molecule has 1 fully saturated rings. The van der Waals surface area contributed by atoms with Gasteiger partial charge in [0.15, 0.2) is 17.2 Å². The summed E-state index contributed by atoms with van der Waals surface area (Å²) in [5.74, 6) is 0.512. The number of ether oxygens (including phenoxy) is 3. The van der Waals surface area contributed by atoms with Crippen molar-refractivity contribution >= 4 is 11.9 Å². The van der Waals surface area contributed by atoms with Gasteiger partial charge in [-0.1, -0.05) is 18.2 Å². The number of rotatable bonds is 9.